The van der Waals surface area contributed by atoms with Crippen LogP contribution in [0, 0.1) is 24.1 Å². The molecule has 2 N–H and O–H groups in total. The molecule has 0 saturated carbocycles. The van der Waals surface area contributed by atoms with Gasteiger partial charge in [-0.25, -0.2) is 9.18 Å². The summed E-state index contributed by atoms with van der Waals surface area (Å²) in [5.74, 6) is -2.08. The fourth-order valence-electron chi connectivity index (χ4n) is 6.72. The van der Waals surface area contributed by atoms with Crippen LogP contribution in [0.1, 0.15) is 17.5 Å². The summed E-state index contributed by atoms with van der Waals surface area (Å²) in [5.41, 5.74) is 3.84. The van der Waals surface area contributed by atoms with Crippen LogP contribution in [0.5, 0.6) is 5.75 Å². The molecule has 3 aliphatic rings. The van der Waals surface area contributed by atoms with Gasteiger partial charge in [0.25, 0.3) is 0 Å². The number of urea groups is 1. The standard InChI is InChI=1S/C34H35ClFN5O5/c1-19-21(7-6-10-27(19)38-30(42)25-15-39(2)33(45)40(3)31(25)43)23-9-5-8-22(29(23)35)20-13-26(36)24(28(14-20)46-4)16-41-17-34(18-41)11-12-37-32(34)44/h5-10,13-14,25H,11-12,15-18H2,1-4H3,(H,37,44)(H,38,42). The molecule has 0 radical (unpaired) electrons. The molecule has 3 aliphatic heterocycles. The van der Waals surface area contributed by atoms with Crippen molar-refractivity contribution in [2.75, 3.05) is 52.7 Å². The summed E-state index contributed by atoms with van der Waals surface area (Å²) in [7, 11) is 4.40. The number of likely N-dealkylation sites (tertiary alicyclic amines) is 1. The van der Waals surface area contributed by atoms with Crippen LogP contribution in [0.3, 0.4) is 0 Å². The number of carbonyl (C=O) groups is 4. The van der Waals surface area contributed by atoms with Crippen molar-refractivity contribution in [2.24, 2.45) is 11.3 Å². The first-order valence-corrected chi connectivity index (χ1v) is 15.4. The number of rotatable bonds is 7. The van der Waals surface area contributed by atoms with Crippen molar-refractivity contribution in [1.29, 1.82) is 0 Å². The van der Waals surface area contributed by atoms with Crippen LogP contribution in [0.4, 0.5) is 14.9 Å². The third-order valence-electron chi connectivity index (χ3n) is 9.39. The Kier molecular flexibility index (Phi) is 8.24. The number of nitrogens with one attached hydrogen (secondary N) is 2. The molecule has 3 aromatic rings. The van der Waals surface area contributed by atoms with E-state index in [-0.39, 0.29) is 17.9 Å². The third kappa shape index (κ3) is 5.37. The molecule has 0 bridgehead atoms. The number of ether oxygens (including phenoxy) is 1. The minimum atomic E-state index is -1.04. The molecule has 1 atom stereocenters. The average Bonchev–Trinajstić information content (AvgIpc) is 3.40. The van der Waals surface area contributed by atoms with Gasteiger partial charge < -0.3 is 20.3 Å². The van der Waals surface area contributed by atoms with E-state index in [2.05, 4.69) is 10.6 Å². The molecule has 3 heterocycles. The van der Waals surface area contributed by atoms with Crippen LogP contribution in [-0.4, -0.2) is 85.8 Å². The van der Waals surface area contributed by atoms with Crippen LogP contribution < -0.4 is 15.4 Å². The van der Waals surface area contributed by atoms with Gasteiger partial charge in [-0.2, -0.15) is 0 Å². The van der Waals surface area contributed by atoms with E-state index in [1.807, 2.05) is 36.1 Å². The van der Waals surface area contributed by atoms with Gasteiger partial charge >= 0.3 is 6.03 Å². The zero-order valence-corrected chi connectivity index (χ0v) is 26.8. The Hall–Kier alpha value is -4.48. The highest BCUT2D eigenvalue weighted by atomic mass is 35.5. The quantitative estimate of drug-likeness (QED) is 0.365. The van der Waals surface area contributed by atoms with E-state index < -0.39 is 29.6 Å². The van der Waals surface area contributed by atoms with Gasteiger partial charge in [-0.3, -0.25) is 24.2 Å². The molecular formula is C34H35ClFN5O5. The highest BCUT2D eigenvalue weighted by Gasteiger charge is 2.51. The van der Waals surface area contributed by atoms with Gasteiger partial charge in [0, 0.05) is 69.2 Å². The second-order valence-electron chi connectivity index (χ2n) is 12.3. The predicted molar refractivity (Wildman–Crippen MR) is 172 cm³/mol. The van der Waals surface area contributed by atoms with Gasteiger partial charge in [-0.05, 0) is 48.2 Å². The van der Waals surface area contributed by atoms with Gasteiger partial charge in [0.15, 0.2) is 0 Å². The normalized spacial score (nSPS) is 19.3. The molecule has 3 fully saturated rings. The Balaban J connectivity index is 1.25. The summed E-state index contributed by atoms with van der Waals surface area (Å²) in [5, 5.41) is 6.14. The van der Waals surface area contributed by atoms with Crippen LogP contribution in [0.25, 0.3) is 22.3 Å². The number of amides is 5. The molecule has 0 aliphatic carbocycles. The summed E-state index contributed by atoms with van der Waals surface area (Å²) >= 11 is 7.00. The number of anilines is 1. The highest BCUT2D eigenvalue weighted by Crippen LogP contribution is 2.42. The largest absolute Gasteiger partial charge is 0.496 e. The molecule has 3 aromatic carbocycles. The Morgan fingerprint density at radius 2 is 1.78 bits per heavy atom. The lowest BCUT2D eigenvalue weighted by Gasteiger charge is -2.46. The summed E-state index contributed by atoms with van der Waals surface area (Å²) in [6, 6.07) is 13.6. The average molecular weight is 648 g/mol. The number of hydrogen-bond donors (Lipinski definition) is 2. The van der Waals surface area contributed by atoms with Crippen molar-refractivity contribution in [3.63, 3.8) is 0 Å². The Morgan fingerprint density at radius 1 is 1.09 bits per heavy atom. The lowest BCUT2D eigenvalue weighted by molar-refractivity contribution is -0.140. The van der Waals surface area contributed by atoms with Crippen LogP contribution in [-0.2, 0) is 20.9 Å². The van der Waals surface area contributed by atoms with E-state index in [0.717, 1.165) is 22.4 Å². The zero-order valence-electron chi connectivity index (χ0n) is 26.1. The molecule has 5 amide bonds. The topological polar surface area (TPSA) is 111 Å². The van der Waals surface area contributed by atoms with Crippen molar-refractivity contribution in [3.8, 4) is 28.0 Å². The van der Waals surface area contributed by atoms with Crippen molar-refractivity contribution in [2.45, 2.75) is 19.9 Å². The van der Waals surface area contributed by atoms with Gasteiger partial charge in [-0.1, -0.05) is 41.9 Å². The van der Waals surface area contributed by atoms with E-state index in [9.17, 15) is 19.2 Å². The van der Waals surface area contributed by atoms with Gasteiger partial charge in [0.1, 0.15) is 17.5 Å². The van der Waals surface area contributed by atoms with Crippen molar-refractivity contribution in [3.05, 3.63) is 70.5 Å². The van der Waals surface area contributed by atoms with E-state index >= 15 is 4.39 Å². The summed E-state index contributed by atoms with van der Waals surface area (Å²) in [4.78, 5) is 54.5. The number of nitrogens with zero attached hydrogens (tertiary/aromatic N) is 3. The van der Waals surface area contributed by atoms with E-state index in [1.54, 1.807) is 25.2 Å². The monoisotopic (exact) mass is 647 g/mol. The second-order valence-corrected chi connectivity index (χ2v) is 12.7. The van der Waals surface area contributed by atoms with Crippen LogP contribution >= 0.6 is 11.6 Å². The highest BCUT2D eigenvalue weighted by molar-refractivity contribution is 6.36. The van der Waals surface area contributed by atoms with Gasteiger partial charge in [0.05, 0.1) is 17.5 Å². The van der Waals surface area contributed by atoms with Gasteiger partial charge in [-0.15, -0.1) is 0 Å². The second kappa shape index (κ2) is 12.0. The van der Waals surface area contributed by atoms with E-state index in [4.69, 9.17) is 16.3 Å². The Labute approximate surface area is 271 Å². The maximum absolute atomic E-state index is 15.7. The maximum Gasteiger partial charge on any atom is 0.326 e. The molecule has 1 spiro atoms. The molecule has 12 heteroatoms. The Bertz CT molecular complexity index is 1770. The van der Waals surface area contributed by atoms with Crippen molar-refractivity contribution < 1.29 is 28.3 Å². The maximum atomic E-state index is 15.7. The van der Waals surface area contributed by atoms with Crippen molar-refractivity contribution in [1.82, 2.24) is 20.0 Å². The molecule has 6 rings (SSSR count). The van der Waals surface area contributed by atoms with Gasteiger partial charge in [0.2, 0.25) is 17.7 Å². The van der Waals surface area contributed by atoms with E-state index in [0.29, 0.717) is 64.9 Å². The lowest BCUT2D eigenvalue weighted by Crippen LogP contribution is -2.59. The minimum absolute atomic E-state index is 0.0186. The zero-order chi connectivity index (χ0) is 32.9. The third-order valence-corrected chi connectivity index (χ3v) is 9.79. The number of hydrogen-bond acceptors (Lipinski definition) is 6. The number of benzene rings is 3. The summed E-state index contributed by atoms with van der Waals surface area (Å²) in [6.07, 6.45) is 0.794. The number of imide groups is 1. The molecule has 1 unspecified atom stereocenters. The predicted octanol–water partition coefficient (Wildman–Crippen LogP) is 4.53. The Morgan fingerprint density at radius 3 is 2.48 bits per heavy atom. The number of methoxy groups -OCH3 is 1. The smallest absolute Gasteiger partial charge is 0.326 e. The first kappa shape index (κ1) is 31.5. The minimum Gasteiger partial charge on any atom is -0.496 e. The molecule has 3 saturated heterocycles. The molecule has 0 aromatic heterocycles. The van der Waals surface area contributed by atoms with E-state index in [1.165, 1.54) is 25.1 Å². The summed E-state index contributed by atoms with van der Waals surface area (Å²) < 4.78 is 21.3. The fourth-order valence-corrected chi connectivity index (χ4v) is 7.06. The van der Waals surface area contributed by atoms with Crippen LogP contribution in [0.15, 0.2) is 48.5 Å². The SMILES string of the molecule is COc1cc(-c2cccc(-c3cccc(NC(=O)C4CN(C)C(=O)N(C)C4=O)c3C)c2Cl)cc(F)c1CN1CC2(CCNC2=O)C1. The molecular weight excluding hydrogens is 613 g/mol. The fraction of sp³-hybridized carbons (Fsp3) is 0.353. The number of carbonyl (C=O) groups excluding carboxylic acids is 4. The lowest BCUT2D eigenvalue weighted by atomic mass is 9.78. The first-order chi connectivity index (χ1) is 21.9. The van der Waals surface area contributed by atoms with Crippen molar-refractivity contribution >= 4 is 41.0 Å². The van der Waals surface area contributed by atoms with Crippen LogP contribution in [0.2, 0.25) is 5.02 Å². The molecule has 240 valence electrons. The molecule has 46 heavy (non-hydrogen) atoms. The number of halogens is 2. The molecule has 10 nitrogen and oxygen atoms in total. The summed E-state index contributed by atoms with van der Waals surface area (Å²) in [6.45, 7) is 3.99. The first-order valence-electron chi connectivity index (χ1n) is 15.0.